The second-order valence-corrected chi connectivity index (χ2v) is 7.27. The van der Waals surface area contributed by atoms with Gasteiger partial charge < -0.3 is 15.4 Å². The van der Waals surface area contributed by atoms with Crippen LogP contribution >= 0.6 is 11.6 Å². The molecule has 7 nitrogen and oxygen atoms in total. The second-order valence-electron chi connectivity index (χ2n) is 6.89. The van der Waals surface area contributed by atoms with Gasteiger partial charge in [0.15, 0.2) is 16.5 Å². The maximum Gasteiger partial charge on any atom is 0.271 e. The first-order valence-electron chi connectivity index (χ1n) is 9.36. The minimum Gasteiger partial charge on any atom is -0.497 e. The van der Waals surface area contributed by atoms with Crippen molar-refractivity contribution in [2.24, 2.45) is 0 Å². The number of benzene rings is 1. The maximum atomic E-state index is 12.5. The largest absolute Gasteiger partial charge is 0.497 e. The van der Waals surface area contributed by atoms with Gasteiger partial charge in [-0.15, -0.1) is 0 Å². The number of anilines is 1. The number of halogens is 1. The average molecular weight is 400 g/mol. The molecule has 1 aromatic carbocycles. The van der Waals surface area contributed by atoms with E-state index in [1.54, 1.807) is 19.4 Å². The van der Waals surface area contributed by atoms with E-state index in [2.05, 4.69) is 20.7 Å². The number of aromatic nitrogens is 3. The third kappa shape index (κ3) is 3.89. The summed E-state index contributed by atoms with van der Waals surface area (Å²) in [5, 5.41) is 10.9. The van der Waals surface area contributed by atoms with Gasteiger partial charge in [-0.3, -0.25) is 4.79 Å². The van der Waals surface area contributed by atoms with Crippen molar-refractivity contribution in [2.75, 3.05) is 19.0 Å². The van der Waals surface area contributed by atoms with Gasteiger partial charge in [0.1, 0.15) is 5.75 Å². The number of carbonyl (C=O) groups excluding carboxylic acids is 1. The van der Waals surface area contributed by atoms with Crippen LogP contribution in [0, 0.1) is 0 Å². The Kier molecular flexibility index (Phi) is 5.34. The lowest BCUT2D eigenvalue weighted by molar-refractivity contribution is 0.0910. The number of fused-ring (bicyclic) bond motifs is 1. The Morgan fingerprint density at radius 1 is 1.32 bits per heavy atom. The first-order valence-corrected chi connectivity index (χ1v) is 9.74. The summed E-state index contributed by atoms with van der Waals surface area (Å²) in [6, 6.07) is 9.93. The summed E-state index contributed by atoms with van der Waals surface area (Å²) >= 11 is 6.19. The number of nitrogens with zero attached hydrogens (tertiary/aromatic N) is 3. The van der Waals surface area contributed by atoms with Gasteiger partial charge in [-0.2, -0.15) is 5.10 Å². The smallest absolute Gasteiger partial charge is 0.271 e. The SMILES string of the molecule is COc1ccc(CCNc2cc(Cl)nn3c(C(=O)NC4CCC4)cnc23)cc1. The quantitative estimate of drug-likeness (QED) is 0.637. The number of hydrogen-bond acceptors (Lipinski definition) is 5. The van der Waals surface area contributed by atoms with Gasteiger partial charge in [-0.05, 0) is 43.4 Å². The summed E-state index contributed by atoms with van der Waals surface area (Å²) in [5.41, 5.74) is 2.91. The fraction of sp³-hybridized carbons (Fsp3) is 0.350. The predicted octanol–water partition coefficient (Wildman–Crippen LogP) is 3.33. The number of methoxy groups -OCH3 is 1. The van der Waals surface area contributed by atoms with Gasteiger partial charge in [0.25, 0.3) is 5.91 Å². The van der Waals surface area contributed by atoms with Crippen LogP contribution in [-0.2, 0) is 6.42 Å². The standard InChI is InChI=1S/C20H22ClN5O2/c1-28-15-7-5-13(6-8-15)9-10-22-16-11-18(21)25-26-17(12-23-19(16)26)20(27)24-14-3-2-4-14/h5-8,11-12,14,22H,2-4,9-10H2,1H3,(H,24,27). The molecule has 28 heavy (non-hydrogen) atoms. The molecule has 0 saturated heterocycles. The highest BCUT2D eigenvalue weighted by molar-refractivity contribution is 6.29. The van der Waals surface area contributed by atoms with Gasteiger partial charge in [0.2, 0.25) is 0 Å². The Balaban J connectivity index is 1.48. The summed E-state index contributed by atoms with van der Waals surface area (Å²) < 4.78 is 6.69. The third-order valence-corrected chi connectivity index (χ3v) is 5.18. The summed E-state index contributed by atoms with van der Waals surface area (Å²) in [6.45, 7) is 0.693. The van der Waals surface area contributed by atoms with E-state index in [4.69, 9.17) is 16.3 Å². The van der Waals surface area contributed by atoms with Crippen LogP contribution in [0.5, 0.6) is 5.75 Å². The fourth-order valence-electron chi connectivity index (χ4n) is 3.17. The van der Waals surface area contributed by atoms with Crippen LogP contribution in [0.1, 0.15) is 35.3 Å². The minimum absolute atomic E-state index is 0.170. The zero-order valence-electron chi connectivity index (χ0n) is 15.6. The van der Waals surface area contributed by atoms with Crippen LogP contribution in [0.2, 0.25) is 5.15 Å². The van der Waals surface area contributed by atoms with Gasteiger partial charge in [-0.25, -0.2) is 9.50 Å². The highest BCUT2D eigenvalue weighted by atomic mass is 35.5. The number of ether oxygens (including phenoxy) is 1. The first-order chi connectivity index (χ1) is 13.6. The van der Waals surface area contributed by atoms with Crippen LogP contribution in [0.15, 0.2) is 36.5 Å². The topological polar surface area (TPSA) is 80.5 Å². The molecule has 2 aromatic heterocycles. The van der Waals surface area contributed by atoms with E-state index < -0.39 is 0 Å². The van der Waals surface area contributed by atoms with Crippen molar-refractivity contribution in [3.8, 4) is 5.75 Å². The van der Waals surface area contributed by atoms with Crippen LogP contribution in [-0.4, -0.2) is 40.2 Å². The van der Waals surface area contributed by atoms with Crippen molar-refractivity contribution < 1.29 is 9.53 Å². The number of carbonyl (C=O) groups is 1. The Morgan fingerprint density at radius 2 is 2.11 bits per heavy atom. The molecule has 0 aliphatic heterocycles. The highest BCUT2D eigenvalue weighted by Gasteiger charge is 2.23. The number of rotatable bonds is 7. The average Bonchev–Trinajstić information content (AvgIpc) is 3.09. The number of nitrogens with one attached hydrogen (secondary N) is 2. The second kappa shape index (κ2) is 8.06. The lowest BCUT2D eigenvalue weighted by Gasteiger charge is -2.26. The van der Waals surface area contributed by atoms with E-state index in [1.165, 1.54) is 10.1 Å². The Bertz CT molecular complexity index is 982. The van der Waals surface area contributed by atoms with E-state index in [-0.39, 0.29) is 11.9 Å². The van der Waals surface area contributed by atoms with Crippen molar-refractivity contribution in [3.63, 3.8) is 0 Å². The highest BCUT2D eigenvalue weighted by Crippen LogP contribution is 2.22. The normalized spacial score (nSPS) is 13.9. The number of imidazole rings is 1. The Hall–Kier alpha value is -2.80. The summed E-state index contributed by atoms with van der Waals surface area (Å²) in [5.74, 6) is 0.667. The molecule has 0 atom stereocenters. The number of amides is 1. The lowest BCUT2D eigenvalue weighted by Crippen LogP contribution is -2.40. The molecule has 8 heteroatoms. The van der Waals surface area contributed by atoms with Crippen LogP contribution in [0.4, 0.5) is 5.69 Å². The summed E-state index contributed by atoms with van der Waals surface area (Å²) in [6.07, 6.45) is 5.57. The van der Waals surface area contributed by atoms with Crippen molar-refractivity contribution in [3.05, 3.63) is 52.9 Å². The molecule has 0 radical (unpaired) electrons. The van der Waals surface area contributed by atoms with Crippen molar-refractivity contribution in [1.29, 1.82) is 0 Å². The minimum atomic E-state index is -0.170. The van der Waals surface area contributed by atoms with Crippen LogP contribution in [0.25, 0.3) is 5.65 Å². The molecule has 2 N–H and O–H groups in total. The molecule has 146 valence electrons. The van der Waals surface area contributed by atoms with Gasteiger partial charge in [0.05, 0.1) is 19.0 Å². The molecule has 0 bridgehead atoms. The molecule has 1 fully saturated rings. The molecule has 1 saturated carbocycles. The van der Waals surface area contributed by atoms with Crippen LogP contribution in [0.3, 0.4) is 0 Å². The summed E-state index contributed by atoms with van der Waals surface area (Å²) in [7, 11) is 1.65. The molecule has 1 aliphatic rings. The zero-order valence-corrected chi connectivity index (χ0v) is 16.4. The zero-order chi connectivity index (χ0) is 19.5. The molecule has 1 aliphatic carbocycles. The summed E-state index contributed by atoms with van der Waals surface area (Å²) in [4.78, 5) is 16.9. The predicted molar refractivity (Wildman–Crippen MR) is 108 cm³/mol. The van der Waals surface area contributed by atoms with E-state index in [9.17, 15) is 4.79 Å². The van der Waals surface area contributed by atoms with Gasteiger partial charge >= 0.3 is 0 Å². The Labute approximate surface area is 168 Å². The monoisotopic (exact) mass is 399 g/mol. The van der Waals surface area contributed by atoms with Crippen molar-refractivity contribution in [1.82, 2.24) is 19.9 Å². The molecular weight excluding hydrogens is 378 g/mol. The molecule has 2 heterocycles. The molecule has 0 spiro atoms. The lowest BCUT2D eigenvalue weighted by atomic mass is 9.93. The van der Waals surface area contributed by atoms with E-state index in [1.807, 2.05) is 24.3 Å². The molecular formula is C20H22ClN5O2. The third-order valence-electron chi connectivity index (χ3n) is 5.00. The van der Waals surface area contributed by atoms with Crippen molar-refractivity contribution in [2.45, 2.75) is 31.7 Å². The van der Waals surface area contributed by atoms with Gasteiger partial charge in [0, 0.05) is 18.7 Å². The molecule has 0 unspecified atom stereocenters. The maximum absolute atomic E-state index is 12.5. The fourth-order valence-corrected chi connectivity index (χ4v) is 3.35. The molecule has 3 aromatic rings. The van der Waals surface area contributed by atoms with E-state index in [0.29, 0.717) is 23.0 Å². The Morgan fingerprint density at radius 3 is 2.79 bits per heavy atom. The van der Waals surface area contributed by atoms with Crippen LogP contribution < -0.4 is 15.4 Å². The van der Waals surface area contributed by atoms with Gasteiger partial charge in [-0.1, -0.05) is 23.7 Å². The van der Waals surface area contributed by atoms with Crippen molar-refractivity contribution >= 4 is 28.8 Å². The molecule has 1 amide bonds. The van der Waals surface area contributed by atoms with E-state index >= 15 is 0 Å². The van der Waals surface area contributed by atoms with E-state index in [0.717, 1.165) is 37.1 Å². The molecule has 4 rings (SSSR count). The number of hydrogen-bond donors (Lipinski definition) is 2. The first kappa shape index (κ1) is 18.6.